The molecule has 0 fully saturated rings. The van der Waals surface area contributed by atoms with Gasteiger partial charge in [0.2, 0.25) is 5.91 Å². The third-order valence-corrected chi connectivity index (χ3v) is 3.23. The average molecular weight is 301 g/mol. The molecule has 0 radical (unpaired) electrons. The Morgan fingerprint density at radius 2 is 2.14 bits per heavy atom. The first kappa shape index (κ1) is 16.1. The Morgan fingerprint density at radius 1 is 1.32 bits per heavy atom. The molecule has 0 aliphatic rings. The number of nitrogens with zero attached hydrogens (tertiary/aromatic N) is 2. The minimum absolute atomic E-state index is 0.0122. The molecule has 1 atom stereocenters. The van der Waals surface area contributed by atoms with Crippen molar-refractivity contribution in [1.82, 2.24) is 15.1 Å². The molecule has 0 aliphatic heterocycles. The maximum Gasteiger partial charge on any atom is 0.222 e. The highest BCUT2D eigenvalue weighted by Crippen LogP contribution is 2.20. The summed E-state index contributed by atoms with van der Waals surface area (Å²) in [7, 11) is 0. The highest BCUT2D eigenvalue weighted by Gasteiger charge is 2.11. The molecule has 5 heteroatoms. The van der Waals surface area contributed by atoms with Crippen molar-refractivity contribution >= 4 is 5.91 Å². The molecule has 2 rings (SSSR count). The van der Waals surface area contributed by atoms with Gasteiger partial charge in [0.25, 0.3) is 0 Å². The second-order valence-electron chi connectivity index (χ2n) is 5.55. The van der Waals surface area contributed by atoms with Crippen LogP contribution in [0, 0.1) is 0 Å². The smallest absolute Gasteiger partial charge is 0.222 e. The molecule has 1 N–H and O–H groups in total. The van der Waals surface area contributed by atoms with Crippen molar-refractivity contribution in [1.29, 1.82) is 0 Å². The fourth-order valence-corrected chi connectivity index (χ4v) is 2.18. The lowest BCUT2D eigenvalue weighted by Crippen LogP contribution is -2.27. The molecule has 1 amide bonds. The number of ether oxygens (including phenoxy) is 1. The lowest BCUT2D eigenvalue weighted by Gasteiger charge is -2.16. The Bertz CT molecular complexity index is 594. The molecule has 2 aromatic rings. The zero-order chi connectivity index (χ0) is 15.9. The second kappa shape index (κ2) is 7.64. The zero-order valence-electron chi connectivity index (χ0n) is 13.3. The minimum Gasteiger partial charge on any atom is -0.491 e. The van der Waals surface area contributed by atoms with Crippen LogP contribution in [-0.2, 0) is 11.3 Å². The number of rotatable bonds is 7. The van der Waals surface area contributed by atoms with Gasteiger partial charge in [-0.15, -0.1) is 0 Å². The first-order valence-electron chi connectivity index (χ1n) is 7.58. The molecule has 1 unspecified atom stereocenters. The third kappa shape index (κ3) is 4.91. The highest BCUT2D eigenvalue weighted by atomic mass is 16.5. The fourth-order valence-electron chi connectivity index (χ4n) is 2.18. The van der Waals surface area contributed by atoms with Gasteiger partial charge in [0, 0.05) is 25.4 Å². The van der Waals surface area contributed by atoms with Gasteiger partial charge in [-0.3, -0.25) is 9.48 Å². The lowest BCUT2D eigenvalue weighted by molar-refractivity contribution is -0.122. The molecular formula is C17H23N3O2. The number of benzene rings is 1. The Morgan fingerprint density at radius 3 is 2.82 bits per heavy atom. The van der Waals surface area contributed by atoms with Crippen molar-refractivity contribution in [2.45, 2.75) is 45.9 Å². The summed E-state index contributed by atoms with van der Waals surface area (Å²) in [4.78, 5) is 12.0. The van der Waals surface area contributed by atoms with Crippen LogP contribution in [0.4, 0.5) is 0 Å². The maximum atomic E-state index is 12.0. The highest BCUT2D eigenvalue weighted by molar-refractivity contribution is 5.76. The molecule has 1 heterocycles. The van der Waals surface area contributed by atoms with Gasteiger partial charge in [0.15, 0.2) is 0 Å². The molecule has 5 nitrogen and oxygen atoms in total. The number of carbonyl (C=O) groups is 1. The Kier molecular flexibility index (Phi) is 5.58. The van der Waals surface area contributed by atoms with Crippen LogP contribution in [-0.4, -0.2) is 21.8 Å². The van der Waals surface area contributed by atoms with Gasteiger partial charge in [-0.25, -0.2) is 0 Å². The molecule has 0 aliphatic carbocycles. The summed E-state index contributed by atoms with van der Waals surface area (Å²) in [5, 5.41) is 7.09. The van der Waals surface area contributed by atoms with Gasteiger partial charge < -0.3 is 10.1 Å². The Hall–Kier alpha value is -2.30. The van der Waals surface area contributed by atoms with Crippen molar-refractivity contribution in [3.05, 3.63) is 48.3 Å². The molecule has 22 heavy (non-hydrogen) atoms. The van der Waals surface area contributed by atoms with E-state index in [-0.39, 0.29) is 18.1 Å². The van der Waals surface area contributed by atoms with E-state index in [2.05, 4.69) is 10.4 Å². The van der Waals surface area contributed by atoms with Crippen molar-refractivity contribution < 1.29 is 9.53 Å². The number of nitrogens with one attached hydrogen (secondary N) is 1. The van der Waals surface area contributed by atoms with Crippen LogP contribution in [0.5, 0.6) is 5.75 Å². The van der Waals surface area contributed by atoms with Gasteiger partial charge in [0.05, 0.1) is 12.1 Å². The molecular weight excluding hydrogens is 278 g/mol. The van der Waals surface area contributed by atoms with E-state index in [1.54, 1.807) is 10.9 Å². The first-order chi connectivity index (χ1) is 10.5. The van der Waals surface area contributed by atoms with E-state index in [0.717, 1.165) is 11.3 Å². The van der Waals surface area contributed by atoms with Gasteiger partial charge >= 0.3 is 0 Å². The van der Waals surface area contributed by atoms with Crippen LogP contribution in [0.25, 0.3) is 0 Å². The van der Waals surface area contributed by atoms with E-state index in [9.17, 15) is 4.79 Å². The van der Waals surface area contributed by atoms with E-state index in [1.807, 2.05) is 57.3 Å². The maximum absolute atomic E-state index is 12.0. The van der Waals surface area contributed by atoms with Crippen LogP contribution in [0.3, 0.4) is 0 Å². The molecule has 0 bridgehead atoms. The topological polar surface area (TPSA) is 56.1 Å². The lowest BCUT2D eigenvalue weighted by atomic mass is 10.1. The standard InChI is InChI=1S/C17H23N3O2/c1-13(2)22-16-7-4-6-15(12-16)14(3)19-17(21)8-11-20-10-5-9-18-20/h4-7,9-10,12-14H,8,11H2,1-3H3,(H,19,21). The number of hydrogen-bond donors (Lipinski definition) is 1. The summed E-state index contributed by atoms with van der Waals surface area (Å²) in [6, 6.07) is 9.63. The zero-order valence-corrected chi connectivity index (χ0v) is 13.3. The van der Waals surface area contributed by atoms with Crippen molar-refractivity contribution in [2.75, 3.05) is 0 Å². The van der Waals surface area contributed by atoms with E-state index < -0.39 is 0 Å². The average Bonchev–Trinajstić information content (AvgIpc) is 2.98. The molecule has 0 saturated heterocycles. The third-order valence-electron chi connectivity index (χ3n) is 3.23. The predicted octanol–water partition coefficient (Wildman–Crippen LogP) is 2.94. The summed E-state index contributed by atoms with van der Waals surface area (Å²) >= 11 is 0. The first-order valence-corrected chi connectivity index (χ1v) is 7.58. The normalized spacial score (nSPS) is 12.2. The number of aryl methyl sites for hydroxylation is 1. The molecule has 1 aromatic heterocycles. The predicted molar refractivity (Wildman–Crippen MR) is 85.6 cm³/mol. The SMILES string of the molecule is CC(C)Oc1cccc(C(C)NC(=O)CCn2cccn2)c1. The van der Waals surface area contributed by atoms with Crippen LogP contribution in [0.1, 0.15) is 38.8 Å². The number of aromatic nitrogens is 2. The van der Waals surface area contributed by atoms with Crippen LogP contribution >= 0.6 is 0 Å². The van der Waals surface area contributed by atoms with Crippen molar-refractivity contribution in [2.24, 2.45) is 0 Å². The van der Waals surface area contributed by atoms with E-state index in [4.69, 9.17) is 4.74 Å². The molecule has 0 spiro atoms. The van der Waals surface area contributed by atoms with Gasteiger partial charge in [-0.05, 0) is 44.5 Å². The number of amides is 1. The van der Waals surface area contributed by atoms with Crippen LogP contribution < -0.4 is 10.1 Å². The fraction of sp³-hybridized carbons (Fsp3) is 0.412. The Labute approximate surface area is 131 Å². The van der Waals surface area contributed by atoms with E-state index >= 15 is 0 Å². The summed E-state index contributed by atoms with van der Waals surface area (Å²) in [6.45, 7) is 6.54. The number of hydrogen-bond acceptors (Lipinski definition) is 3. The van der Waals surface area contributed by atoms with E-state index in [1.165, 1.54) is 0 Å². The minimum atomic E-state index is -0.0548. The molecule has 118 valence electrons. The summed E-state index contributed by atoms with van der Waals surface area (Å²) in [6.07, 6.45) is 4.10. The number of carbonyl (C=O) groups excluding carboxylic acids is 1. The summed E-state index contributed by atoms with van der Waals surface area (Å²) in [5.74, 6) is 0.836. The van der Waals surface area contributed by atoms with Crippen molar-refractivity contribution in [3.63, 3.8) is 0 Å². The quantitative estimate of drug-likeness (QED) is 0.855. The van der Waals surface area contributed by atoms with Crippen LogP contribution in [0.15, 0.2) is 42.7 Å². The van der Waals surface area contributed by atoms with Gasteiger partial charge in [-0.1, -0.05) is 12.1 Å². The molecule has 1 aromatic carbocycles. The van der Waals surface area contributed by atoms with Gasteiger partial charge in [0.1, 0.15) is 5.75 Å². The summed E-state index contributed by atoms with van der Waals surface area (Å²) in [5.41, 5.74) is 1.03. The van der Waals surface area contributed by atoms with E-state index in [0.29, 0.717) is 13.0 Å². The van der Waals surface area contributed by atoms with Crippen molar-refractivity contribution in [3.8, 4) is 5.75 Å². The largest absolute Gasteiger partial charge is 0.491 e. The molecule has 0 saturated carbocycles. The van der Waals surface area contributed by atoms with Gasteiger partial charge in [-0.2, -0.15) is 5.10 Å². The summed E-state index contributed by atoms with van der Waals surface area (Å²) < 4.78 is 7.43. The second-order valence-corrected chi connectivity index (χ2v) is 5.55. The monoisotopic (exact) mass is 301 g/mol. The van der Waals surface area contributed by atoms with Crippen LogP contribution in [0.2, 0.25) is 0 Å². The Balaban J connectivity index is 1.88.